The third-order valence-electron chi connectivity index (χ3n) is 9.89. The molecule has 0 radical (unpaired) electrons. The van der Waals surface area contributed by atoms with Crippen LogP contribution >= 0.6 is 11.6 Å². The molecule has 4 aliphatic rings. The summed E-state index contributed by atoms with van der Waals surface area (Å²) in [5, 5.41) is 2.97. The number of likely N-dealkylation sites (tertiary alicyclic amines) is 1. The number of carbonyl (C=O) groups is 1. The molecule has 4 aliphatic heterocycles. The summed E-state index contributed by atoms with van der Waals surface area (Å²) in [5.41, 5.74) is 3.30. The first kappa shape index (κ1) is 31.2. The molecule has 3 aromatic rings. The van der Waals surface area contributed by atoms with E-state index >= 15 is 0 Å². The van der Waals surface area contributed by atoms with Crippen LogP contribution in [-0.2, 0) is 22.5 Å². The highest BCUT2D eigenvalue weighted by Gasteiger charge is 2.30. The highest BCUT2D eigenvalue weighted by Crippen LogP contribution is 2.37. The van der Waals surface area contributed by atoms with Crippen molar-refractivity contribution >= 4 is 39.8 Å². The Hall–Kier alpha value is -3.44. The quantitative estimate of drug-likeness (QED) is 0.340. The van der Waals surface area contributed by atoms with Crippen LogP contribution in [0.3, 0.4) is 0 Å². The van der Waals surface area contributed by atoms with Crippen LogP contribution in [0.25, 0.3) is 10.8 Å². The number of halogens is 1. The van der Waals surface area contributed by atoms with Gasteiger partial charge in [0.2, 0.25) is 5.91 Å². The molecule has 2 aromatic carbocycles. The molecular formula is C35H44ClN7O3. The van der Waals surface area contributed by atoms with Gasteiger partial charge in [-0.15, -0.1) is 0 Å². The lowest BCUT2D eigenvalue weighted by molar-refractivity contribution is -0.126. The van der Waals surface area contributed by atoms with Crippen LogP contribution in [0.1, 0.15) is 24.1 Å². The van der Waals surface area contributed by atoms with Gasteiger partial charge in [-0.2, -0.15) is 9.97 Å². The minimum atomic E-state index is 0.0757. The van der Waals surface area contributed by atoms with Crippen LogP contribution in [-0.4, -0.2) is 122 Å². The van der Waals surface area contributed by atoms with E-state index in [1.165, 1.54) is 12.0 Å². The number of piperazine rings is 1. The number of anilines is 2. The van der Waals surface area contributed by atoms with Crippen LogP contribution in [0.15, 0.2) is 48.6 Å². The van der Waals surface area contributed by atoms with Crippen LogP contribution < -0.4 is 14.5 Å². The summed E-state index contributed by atoms with van der Waals surface area (Å²) >= 11 is 6.72. The molecule has 0 bridgehead atoms. The molecule has 0 spiro atoms. The van der Waals surface area contributed by atoms with Gasteiger partial charge < -0.3 is 29.1 Å². The SMILES string of the molecule is CN1CCC[C@H]1COc1nc2c(c(N3CCN(C(=O)/C=C/CN4CCOCC4)CC3)n1)CCN(c1cccc3cccc(Cl)c13)C2. The first-order valence-electron chi connectivity index (χ1n) is 16.7. The molecule has 11 heteroatoms. The van der Waals surface area contributed by atoms with Crippen LogP contribution in [0.2, 0.25) is 5.02 Å². The van der Waals surface area contributed by atoms with Gasteiger partial charge in [-0.25, -0.2) is 0 Å². The van der Waals surface area contributed by atoms with Crippen molar-refractivity contribution in [1.82, 2.24) is 24.7 Å². The predicted octanol–water partition coefficient (Wildman–Crippen LogP) is 3.86. The van der Waals surface area contributed by atoms with E-state index in [2.05, 4.69) is 50.9 Å². The molecule has 7 rings (SSSR count). The summed E-state index contributed by atoms with van der Waals surface area (Å²) in [5.74, 6) is 1.03. The largest absolute Gasteiger partial charge is 0.462 e. The van der Waals surface area contributed by atoms with E-state index in [-0.39, 0.29) is 5.91 Å². The monoisotopic (exact) mass is 645 g/mol. The molecule has 0 saturated carbocycles. The predicted molar refractivity (Wildman–Crippen MR) is 182 cm³/mol. The Bertz CT molecular complexity index is 1570. The molecule has 244 valence electrons. The number of aromatic nitrogens is 2. The average Bonchev–Trinajstić information content (AvgIpc) is 3.51. The van der Waals surface area contributed by atoms with Crippen molar-refractivity contribution in [1.29, 1.82) is 0 Å². The molecule has 1 amide bonds. The first-order valence-corrected chi connectivity index (χ1v) is 17.1. The van der Waals surface area contributed by atoms with Gasteiger partial charge in [0, 0.05) is 81.1 Å². The molecule has 0 N–H and O–H groups in total. The topological polar surface area (TPSA) is 77.5 Å². The maximum Gasteiger partial charge on any atom is 0.318 e. The maximum absolute atomic E-state index is 13.0. The van der Waals surface area contributed by atoms with E-state index in [4.69, 9.17) is 31.0 Å². The number of ether oxygens (including phenoxy) is 2. The van der Waals surface area contributed by atoms with Crippen molar-refractivity contribution in [2.45, 2.75) is 31.8 Å². The standard InChI is InChI=1S/C35H44ClN7O3/c1-39-13-4-8-27(39)25-46-35-37-30-24-43(31-10-3-7-26-6-2-9-29(36)33(26)31)15-12-28(30)34(38-35)42-18-16-41(17-19-42)32(44)11-5-14-40-20-22-45-23-21-40/h2-3,5-7,9-11,27H,4,8,12-25H2,1H3/b11-5+/t27-/m0/s1. The zero-order valence-corrected chi connectivity index (χ0v) is 27.5. The van der Waals surface area contributed by atoms with Crippen molar-refractivity contribution in [3.8, 4) is 6.01 Å². The van der Waals surface area contributed by atoms with Crippen molar-refractivity contribution in [3.63, 3.8) is 0 Å². The van der Waals surface area contributed by atoms with Crippen molar-refractivity contribution in [2.24, 2.45) is 0 Å². The molecule has 3 saturated heterocycles. The van der Waals surface area contributed by atoms with Crippen LogP contribution in [0.5, 0.6) is 6.01 Å². The summed E-state index contributed by atoms with van der Waals surface area (Å²) in [7, 11) is 2.16. The first-order chi connectivity index (χ1) is 22.5. The number of carbonyl (C=O) groups excluding carboxylic acids is 1. The lowest BCUT2D eigenvalue weighted by atomic mass is 10.0. The molecular weight excluding hydrogens is 602 g/mol. The second-order valence-electron chi connectivity index (χ2n) is 12.8. The molecule has 5 heterocycles. The zero-order chi connectivity index (χ0) is 31.5. The summed E-state index contributed by atoms with van der Waals surface area (Å²) in [6, 6.07) is 13.3. The maximum atomic E-state index is 13.0. The van der Waals surface area contributed by atoms with E-state index in [1.807, 2.05) is 23.1 Å². The van der Waals surface area contributed by atoms with E-state index in [0.717, 1.165) is 105 Å². The third kappa shape index (κ3) is 6.81. The summed E-state index contributed by atoms with van der Waals surface area (Å²) < 4.78 is 11.8. The minimum Gasteiger partial charge on any atom is -0.462 e. The molecule has 1 aromatic heterocycles. The van der Waals surface area contributed by atoms with Crippen LogP contribution in [0.4, 0.5) is 11.5 Å². The van der Waals surface area contributed by atoms with Gasteiger partial charge in [0.15, 0.2) is 0 Å². The van der Waals surface area contributed by atoms with Gasteiger partial charge >= 0.3 is 6.01 Å². The van der Waals surface area contributed by atoms with E-state index < -0.39 is 0 Å². The number of likely N-dealkylation sites (N-methyl/N-ethyl adjacent to an activating group) is 1. The second kappa shape index (κ2) is 14.1. The van der Waals surface area contributed by atoms with Gasteiger partial charge in [-0.1, -0.05) is 41.9 Å². The van der Waals surface area contributed by atoms with Gasteiger partial charge in [0.25, 0.3) is 0 Å². The number of amides is 1. The molecule has 10 nitrogen and oxygen atoms in total. The second-order valence-corrected chi connectivity index (χ2v) is 13.2. The Kier molecular flexibility index (Phi) is 9.58. The number of nitrogens with zero attached hydrogens (tertiary/aromatic N) is 7. The minimum absolute atomic E-state index is 0.0757. The highest BCUT2D eigenvalue weighted by atomic mass is 35.5. The van der Waals surface area contributed by atoms with Gasteiger partial charge in [0.1, 0.15) is 12.4 Å². The Morgan fingerprint density at radius 1 is 1.00 bits per heavy atom. The number of hydrogen-bond donors (Lipinski definition) is 0. The van der Waals surface area contributed by atoms with Crippen molar-refractivity contribution in [2.75, 3.05) is 95.6 Å². The van der Waals surface area contributed by atoms with E-state index in [1.54, 1.807) is 6.08 Å². The Morgan fingerprint density at radius 3 is 2.59 bits per heavy atom. The van der Waals surface area contributed by atoms with Gasteiger partial charge in [0.05, 0.1) is 30.5 Å². The summed E-state index contributed by atoms with van der Waals surface area (Å²) in [6.45, 7) is 10.1. The Morgan fingerprint density at radius 2 is 1.80 bits per heavy atom. The third-order valence-corrected chi connectivity index (χ3v) is 10.2. The molecule has 46 heavy (non-hydrogen) atoms. The van der Waals surface area contributed by atoms with Crippen molar-refractivity contribution in [3.05, 3.63) is 64.8 Å². The molecule has 0 unspecified atom stereocenters. The fourth-order valence-corrected chi connectivity index (χ4v) is 7.43. The zero-order valence-electron chi connectivity index (χ0n) is 26.7. The highest BCUT2D eigenvalue weighted by molar-refractivity contribution is 6.36. The lowest BCUT2D eigenvalue weighted by Crippen LogP contribution is -2.49. The summed E-state index contributed by atoms with van der Waals surface area (Å²) in [6.07, 6.45) is 6.86. The summed E-state index contributed by atoms with van der Waals surface area (Å²) in [4.78, 5) is 34.4. The van der Waals surface area contributed by atoms with Crippen LogP contribution in [0, 0.1) is 0 Å². The van der Waals surface area contributed by atoms with E-state index in [0.29, 0.717) is 38.3 Å². The number of hydrogen-bond acceptors (Lipinski definition) is 9. The van der Waals surface area contributed by atoms with Gasteiger partial charge in [-0.3, -0.25) is 9.69 Å². The lowest BCUT2D eigenvalue weighted by Gasteiger charge is -2.38. The van der Waals surface area contributed by atoms with Gasteiger partial charge in [-0.05, 0) is 50.4 Å². The van der Waals surface area contributed by atoms with E-state index in [9.17, 15) is 4.79 Å². The Labute approximate surface area is 276 Å². The fourth-order valence-electron chi connectivity index (χ4n) is 7.15. The average molecular weight is 646 g/mol. The Balaban J connectivity index is 1.09. The number of rotatable bonds is 8. The smallest absolute Gasteiger partial charge is 0.318 e. The molecule has 3 fully saturated rings. The van der Waals surface area contributed by atoms with Crippen molar-refractivity contribution < 1.29 is 14.3 Å². The molecule has 1 atom stereocenters. The fraction of sp³-hybridized carbons (Fsp3) is 0.514. The number of morpholine rings is 1. The number of fused-ring (bicyclic) bond motifs is 2. The normalized spacial score (nSPS) is 21.3. The molecule has 0 aliphatic carbocycles. The number of benzene rings is 2.